The van der Waals surface area contributed by atoms with Gasteiger partial charge >= 0.3 is 5.97 Å². The maximum Gasteiger partial charge on any atom is 0.307 e. The molecule has 6 nitrogen and oxygen atoms in total. The van der Waals surface area contributed by atoms with Crippen LogP contribution in [0.15, 0.2) is 43.0 Å². The van der Waals surface area contributed by atoms with Gasteiger partial charge in [0, 0.05) is 37.6 Å². The van der Waals surface area contributed by atoms with Crippen LogP contribution in [0.3, 0.4) is 0 Å². The largest absolute Gasteiger partial charge is 0.469 e. The molecule has 1 aromatic carbocycles. The Bertz CT molecular complexity index is 656. The number of ether oxygens (including phenoxy) is 1. The van der Waals surface area contributed by atoms with E-state index < -0.39 is 5.82 Å². The molecule has 0 unspecified atom stereocenters. The Balaban J connectivity index is 1.98. The van der Waals surface area contributed by atoms with E-state index in [2.05, 4.69) is 9.72 Å². The molecule has 24 heavy (non-hydrogen) atoms. The lowest BCUT2D eigenvalue weighted by Gasteiger charge is -2.22. The SMILES string of the molecule is COC(=O)CCN(CCCn1ccnc1)C(=O)c1ccc(F)cc1. The smallest absolute Gasteiger partial charge is 0.307 e. The number of rotatable bonds is 8. The van der Waals surface area contributed by atoms with Crippen molar-refractivity contribution in [2.24, 2.45) is 0 Å². The molecule has 0 N–H and O–H groups in total. The standard InChI is InChI=1S/C17H20FN3O3/c1-24-16(22)7-11-21(10-2-9-20-12-8-19-13-20)17(23)14-3-5-15(18)6-4-14/h3-6,8,12-13H,2,7,9-11H2,1H3. The number of methoxy groups -OCH3 is 1. The van der Waals surface area contributed by atoms with E-state index >= 15 is 0 Å². The maximum atomic E-state index is 13.0. The number of carbonyl (C=O) groups is 2. The summed E-state index contributed by atoms with van der Waals surface area (Å²) in [6, 6.07) is 5.38. The Morgan fingerprint density at radius 1 is 1.25 bits per heavy atom. The van der Waals surface area contributed by atoms with E-state index in [1.807, 2.05) is 10.8 Å². The molecule has 0 bridgehead atoms. The molecule has 0 aliphatic rings. The Labute approximate surface area is 139 Å². The second-order valence-corrected chi connectivity index (χ2v) is 5.28. The number of carbonyl (C=O) groups excluding carboxylic acids is 2. The molecule has 0 saturated carbocycles. The van der Waals surface area contributed by atoms with Gasteiger partial charge in [0.15, 0.2) is 0 Å². The highest BCUT2D eigenvalue weighted by atomic mass is 19.1. The van der Waals surface area contributed by atoms with Crippen LogP contribution in [-0.2, 0) is 16.1 Å². The summed E-state index contributed by atoms with van der Waals surface area (Å²) in [7, 11) is 1.31. The van der Waals surface area contributed by atoms with Gasteiger partial charge in [-0.05, 0) is 30.7 Å². The lowest BCUT2D eigenvalue weighted by Crippen LogP contribution is -2.34. The number of nitrogens with zero attached hydrogens (tertiary/aromatic N) is 3. The van der Waals surface area contributed by atoms with Gasteiger partial charge in [-0.15, -0.1) is 0 Å². The minimum Gasteiger partial charge on any atom is -0.469 e. The van der Waals surface area contributed by atoms with E-state index in [0.717, 1.165) is 0 Å². The van der Waals surface area contributed by atoms with Crippen LogP contribution in [0.1, 0.15) is 23.2 Å². The van der Waals surface area contributed by atoms with Crippen molar-refractivity contribution in [3.63, 3.8) is 0 Å². The molecule has 0 spiro atoms. The van der Waals surface area contributed by atoms with Crippen molar-refractivity contribution >= 4 is 11.9 Å². The van der Waals surface area contributed by atoms with Gasteiger partial charge in [0.1, 0.15) is 5.82 Å². The van der Waals surface area contributed by atoms with Crippen LogP contribution in [0.25, 0.3) is 0 Å². The summed E-state index contributed by atoms with van der Waals surface area (Å²) in [4.78, 5) is 29.5. The van der Waals surface area contributed by atoms with Crippen molar-refractivity contribution in [3.8, 4) is 0 Å². The second-order valence-electron chi connectivity index (χ2n) is 5.28. The van der Waals surface area contributed by atoms with Crippen LogP contribution in [0, 0.1) is 5.82 Å². The van der Waals surface area contributed by atoms with Crippen molar-refractivity contribution in [1.82, 2.24) is 14.5 Å². The van der Waals surface area contributed by atoms with Crippen LogP contribution in [-0.4, -0.2) is 46.5 Å². The molecule has 1 aromatic heterocycles. The van der Waals surface area contributed by atoms with Crippen LogP contribution in [0.5, 0.6) is 0 Å². The highest BCUT2D eigenvalue weighted by molar-refractivity contribution is 5.94. The highest BCUT2D eigenvalue weighted by Crippen LogP contribution is 2.09. The van der Waals surface area contributed by atoms with E-state index in [0.29, 0.717) is 25.1 Å². The van der Waals surface area contributed by atoms with Crippen LogP contribution < -0.4 is 0 Å². The monoisotopic (exact) mass is 333 g/mol. The number of aryl methyl sites for hydroxylation is 1. The average molecular weight is 333 g/mol. The van der Waals surface area contributed by atoms with Crippen molar-refractivity contribution in [2.75, 3.05) is 20.2 Å². The highest BCUT2D eigenvalue weighted by Gasteiger charge is 2.17. The van der Waals surface area contributed by atoms with Gasteiger partial charge in [-0.1, -0.05) is 0 Å². The zero-order chi connectivity index (χ0) is 17.4. The van der Waals surface area contributed by atoms with E-state index in [-0.39, 0.29) is 24.8 Å². The van der Waals surface area contributed by atoms with Gasteiger partial charge in [0.25, 0.3) is 5.91 Å². The molecule has 0 atom stereocenters. The normalized spacial score (nSPS) is 10.4. The zero-order valence-electron chi connectivity index (χ0n) is 13.5. The quantitative estimate of drug-likeness (QED) is 0.694. The van der Waals surface area contributed by atoms with Gasteiger partial charge in [-0.3, -0.25) is 9.59 Å². The lowest BCUT2D eigenvalue weighted by atomic mass is 10.2. The number of amides is 1. The van der Waals surface area contributed by atoms with Crippen molar-refractivity contribution in [2.45, 2.75) is 19.4 Å². The number of imidazole rings is 1. The van der Waals surface area contributed by atoms with Crippen LogP contribution >= 0.6 is 0 Å². The van der Waals surface area contributed by atoms with Gasteiger partial charge in [-0.2, -0.15) is 0 Å². The fourth-order valence-corrected chi connectivity index (χ4v) is 2.28. The van der Waals surface area contributed by atoms with Crippen molar-refractivity contribution < 1.29 is 18.7 Å². The zero-order valence-corrected chi connectivity index (χ0v) is 13.5. The first kappa shape index (κ1) is 17.7. The van der Waals surface area contributed by atoms with E-state index in [4.69, 9.17) is 0 Å². The Hall–Kier alpha value is -2.70. The molecule has 2 rings (SSSR count). The molecule has 0 aliphatic heterocycles. The fourth-order valence-electron chi connectivity index (χ4n) is 2.28. The molecule has 128 valence electrons. The third kappa shape index (κ3) is 5.19. The lowest BCUT2D eigenvalue weighted by molar-refractivity contribution is -0.140. The second kappa shape index (κ2) is 8.81. The van der Waals surface area contributed by atoms with Gasteiger partial charge < -0.3 is 14.2 Å². The molecule has 7 heteroatoms. The number of aromatic nitrogens is 2. The number of esters is 1. The van der Waals surface area contributed by atoms with Gasteiger partial charge in [-0.25, -0.2) is 9.37 Å². The molecule has 0 aliphatic carbocycles. The molecular weight excluding hydrogens is 313 g/mol. The molecule has 1 heterocycles. The molecular formula is C17H20FN3O3. The first-order valence-electron chi connectivity index (χ1n) is 7.67. The third-order valence-corrected chi connectivity index (χ3v) is 3.60. The van der Waals surface area contributed by atoms with Crippen LogP contribution in [0.2, 0.25) is 0 Å². The molecule has 2 aromatic rings. The van der Waals surface area contributed by atoms with E-state index in [1.165, 1.54) is 31.4 Å². The predicted molar refractivity (Wildman–Crippen MR) is 85.8 cm³/mol. The summed E-state index contributed by atoms with van der Waals surface area (Å²) in [5, 5.41) is 0. The number of benzene rings is 1. The Morgan fingerprint density at radius 2 is 2.00 bits per heavy atom. The van der Waals surface area contributed by atoms with E-state index in [9.17, 15) is 14.0 Å². The van der Waals surface area contributed by atoms with Crippen LogP contribution in [0.4, 0.5) is 4.39 Å². The topological polar surface area (TPSA) is 64.4 Å². The summed E-state index contributed by atoms with van der Waals surface area (Å²) in [6.07, 6.45) is 6.08. The number of hydrogen-bond acceptors (Lipinski definition) is 4. The molecule has 0 fully saturated rings. The predicted octanol–water partition coefficient (Wildman–Crippen LogP) is 2.12. The summed E-state index contributed by atoms with van der Waals surface area (Å²) >= 11 is 0. The maximum absolute atomic E-state index is 13.0. The minimum absolute atomic E-state index is 0.120. The summed E-state index contributed by atoms with van der Waals surface area (Å²) < 4.78 is 19.6. The minimum atomic E-state index is -0.396. The molecule has 1 amide bonds. The summed E-state index contributed by atoms with van der Waals surface area (Å²) in [6.45, 7) is 1.45. The molecule has 0 radical (unpaired) electrons. The number of halogens is 1. The fraction of sp³-hybridized carbons (Fsp3) is 0.353. The van der Waals surface area contributed by atoms with Crippen molar-refractivity contribution in [1.29, 1.82) is 0 Å². The van der Waals surface area contributed by atoms with E-state index in [1.54, 1.807) is 17.4 Å². The van der Waals surface area contributed by atoms with Gasteiger partial charge in [0.2, 0.25) is 0 Å². The first-order chi connectivity index (χ1) is 11.6. The third-order valence-electron chi connectivity index (χ3n) is 3.60. The van der Waals surface area contributed by atoms with Crippen molar-refractivity contribution in [3.05, 3.63) is 54.4 Å². The summed E-state index contributed by atoms with van der Waals surface area (Å²) in [5.41, 5.74) is 0.392. The average Bonchev–Trinajstić information content (AvgIpc) is 3.11. The van der Waals surface area contributed by atoms with Gasteiger partial charge in [0.05, 0.1) is 19.9 Å². The summed E-state index contributed by atoms with van der Waals surface area (Å²) in [5.74, 6) is -1.00. The molecule has 0 saturated heterocycles. The number of hydrogen-bond donors (Lipinski definition) is 0. The Morgan fingerprint density at radius 3 is 2.62 bits per heavy atom. The Kier molecular flexibility index (Phi) is 6.48. The first-order valence-corrected chi connectivity index (χ1v) is 7.67.